The maximum absolute atomic E-state index is 3.77. The van der Waals surface area contributed by atoms with Crippen LogP contribution in [0, 0.1) is 0 Å². The van der Waals surface area contributed by atoms with E-state index in [9.17, 15) is 0 Å². The van der Waals surface area contributed by atoms with Gasteiger partial charge in [0.15, 0.2) is 0 Å². The van der Waals surface area contributed by atoms with E-state index in [4.69, 9.17) is 0 Å². The van der Waals surface area contributed by atoms with E-state index in [1.54, 1.807) is 5.57 Å². The number of likely N-dealkylation sites (tertiary alicyclic amines) is 1. The van der Waals surface area contributed by atoms with Crippen LogP contribution in [0.1, 0.15) is 51.9 Å². The summed E-state index contributed by atoms with van der Waals surface area (Å²) in [4.78, 5) is 2.58. The highest BCUT2D eigenvalue weighted by molar-refractivity contribution is 5.07. The van der Waals surface area contributed by atoms with Crippen LogP contribution in [0.5, 0.6) is 0 Å². The molecule has 1 N–H and O–H groups in total. The monoisotopic (exact) mass is 236 g/mol. The smallest absolute Gasteiger partial charge is 0.00798 e. The van der Waals surface area contributed by atoms with E-state index >= 15 is 0 Å². The molecule has 0 amide bonds. The third-order valence-corrected chi connectivity index (χ3v) is 4.28. The summed E-state index contributed by atoms with van der Waals surface area (Å²) in [6, 6.07) is 0.772. The van der Waals surface area contributed by atoms with Crippen LogP contribution in [0.25, 0.3) is 0 Å². The first-order valence-electron chi connectivity index (χ1n) is 7.52. The molecule has 2 aliphatic rings. The van der Waals surface area contributed by atoms with Crippen LogP contribution in [0.3, 0.4) is 0 Å². The van der Waals surface area contributed by atoms with Gasteiger partial charge < -0.3 is 10.2 Å². The van der Waals surface area contributed by atoms with Crippen molar-refractivity contribution in [2.24, 2.45) is 0 Å². The highest BCUT2D eigenvalue weighted by Gasteiger charge is 2.15. The van der Waals surface area contributed by atoms with Crippen LogP contribution in [0.2, 0.25) is 0 Å². The lowest BCUT2D eigenvalue weighted by Crippen LogP contribution is -2.31. The first kappa shape index (κ1) is 13.1. The normalized spacial score (nSPS) is 26.9. The van der Waals surface area contributed by atoms with Gasteiger partial charge in [-0.1, -0.05) is 18.6 Å². The Morgan fingerprint density at radius 2 is 2.24 bits per heavy atom. The first-order chi connectivity index (χ1) is 8.38. The maximum Gasteiger partial charge on any atom is 0.00798 e. The lowest BCUT2D eigenvalue weighted by Gasteiger charge is -2.18. The van der Waals surface area contributed by atoms with E-state index < -0.39 is 0 Å². The third kappa shape index (κ3) is 4.44. The minimum atomic E-state index is 0.772. The summed E-state index contributed by atoms with van der Waals surface area (Å²) >= 11 is 0. The Morgan fingerprint density at radius 3 is 3.00 bits per heavy atom. The predicted octanol–water partition coefficient (Wildman–Crippen LogP) is 2.95. The SMILES string of the molecule is CCN1CCCC(NCCC2=CCCC2)CC1. The largest absolute Gasteiger partial charge is 0.314 e. The van der Waals surface area contributed by atoms with Gasteiger partial charge in [-0.15, -0.1) is 0 Å². The van der Waals surface area contributed by atoms with Crippen molar-refractivity contribution in [3.63, 3.8) is 0 Å². The Labute approximate surface area is 106 Å². The van der Waals surface area contributed by atoms with Crippen molar-refractivity contribution in [3.8, 4) is 0 Å². The number of rotatable bonds is 5. The van der Waals surface area contributed by atoms with Crippen molar-refractivity contribution in [3.05, 3.63) is 11.6 Å². The highest BCUT2D eigenvalue weighted by atomic mass is 15.1. The second-order valence-electron chi connectivity index (χ2n) is 5.52. The Bertz CT molecular complexity index is 247. The van der Waals surface area contributed by atoms with Crippen molar-refractivity contribution < 1.29 is 0 Å². The summed E-state index contributed by atoms with van der Waals surface area (Å²) in [5.74, 6) is 0. The second-order valence-corrected chi connectivity index (χ2v) is 5.52. The molecule has 0 spiro atoms. The highest BCUT2D eigenvalue weighted by Crippen LogP contribution is 2.20. The summed E-state index contributed by atoms with van der Waals surface area (Å²) in [5.41, 5.74) is 1.70. The van der Waals surface area contributed by atoms with E-state index in [1.165, 1.54) is 71.1 Å². The Balaban J connectivity index is 1.61. The summed E-state index contributed by atoms with van der Waals surface area (Å²) in [6.07, 6.45) is 11.9. The summed E-state index contributed by atoms with van der Waals surface area (Å²) in [6.45, 7) is 7.29. The van der Waals surface area contributed by atoms with Gasteiger partial charge in [-0.3, -0.25) is 0 Å². The van der Waals surface area contributed by atoms with Gasteiger partial charge in [-0.25, -0.2) is 0 Å². The van der Waals surface area contributed by atoms with Crippen LogP contribution in [0.4, 0.5) is 0 Å². The van der Waals surface area contributed by atoms with Crippen LogP contribution in [-0.2, 0) is 0 Å². The molecule has 1 atom stereocenters. The number of allylic oxidation sites excluding steroid dienone is 1. The fourth-order valence-electron chi connectivity index (χ4n) is 3.08. The zero-order chi connectivity index (χ0) is 11.9. The summed E-state index contributed by atoms with van der Waals surface area (Å²) in [5, 5.41) is 3.77. The minimum absolute atomic E-state index is 0.772. The number of hydrogen-bond donors (Lipinski definition) is 1. The van der Waals surface area contributed by atoms with E-state index in [1.807, 2.05) is 0 Å². The van der Waals surface area contributed by atoms with Gasteiger partial charge in [0.2, 0.25) is 0 Å². The van der Waals surface area contributed by atoms with Crippen LogP contribution in [0.15, 0.2) is 11.6 Å². The van der Waals surface area contributed by atoms with Crippen LogP contribution >= 0.6 is 0 Å². The van der Waals surface area contributed by atoms with Crippen LogP contribution in [-0.4, -0.2) is 37.1 Å². The first-order valence-corrected chi connectivity index (χ1v) is 7.52. The molecule has 2 nitrogen and oxygen atoms in total. The van der Waals surface area contributed by atoms with Gasteiger partial charge in [-0.2, -0.15) is 0 Å². The lowest BCUT2D eigenvalue weighted by atomic mass is 10.1. The molecule has 0 aromatic carbocycles. The average molecular weight is 236 g/mol. The molecule has 0 aromatic rings. The van der Waals surface area contributed by atoms with Gasteiger partial charge in [-0.05, 0) is 71.1 Å². The van der Waals surface area contributed by atoms with Gasteiger partial charge in [0.05, 0.1) is 0 Å². The zero-order valence-electron chi connectivity index (χ0n) is 11.4. The van der Waals surface area contributed by atoms with E-state index in [0.29, 0.717) is 0 Å². The number of nitrogens with one attached hydrogen (secondary N) is 1. The second kappa shape index (κ2) is 7.17. The summed E-state index contributed by atoms with van der Waals surface area (Å²) < 4.78 is 0. The molecular weight excluding hydrogens is 208 g/mol. The predicted molar refractivity (Wildman–Crippen MR) is 74.3 cm³/mol. The topological polar surface area (TPSA) is 15.3 Å². The van der Waals surface area contributed by atoms with E-state index in [0.717, 1.165) is 6.04 Å². The van der Waals surface area contributed by atoms with Gasteiger partial charge in [0.25, 0.3) is 0 Å². The quantitative estimate of drug-likeness (QED) is 0.738. The molecule has 1 heterocycles. The fraction of sp³-hybridized carbons (Fsp3) is 0.867. The van der Waals surface area contributed by atoms with Gasteiger partial charge in [0.1, 0.15) is 0 Å². The zero-order valence-corrected chi connectivity index (χ0v) is 11.4. The Kier molecular flexibility index (Phi) is 5.53. The molecule has 98 valence electrons. The van der Waals surface area contributed by atoms with E-state index in [-0.39, 0.29) is 0 Å². The Hall–Kier alpha value is -0.340. The molecule has 0 bridgehead atoms. The molecule has 1 aliphatic carbocycles. The molecule has 1 aliphatic heterocycles. The third-order valence-electron chi connectivity index (χ3n) is 4.28. The van der Waals surface area contributed by atoms with E-state index in [2.05, 4.69) is 23.2 Å². The fourth-order valence-corrected chi connectivity index (χ4v) is 3.08. The average Bonchev–Trinajstić information content (AvgIpc) is 2.75. The molecule has 1 unspecified atom stereocenters. The van der Waals surface area contributed by atoms with Crippen molar-refractivity contribution in [1.29, 1.82) is 0 Å². The Morgan fingerprint density at radius 1 is 1.29 bits per heavy atom. The maximum atomic E-state index is 3.77. The molecule has 1 fully saturated rings. The van der Waals surface area contributed by atoms with Crippen molar-refractivity contribution in [2.75, 3.05) is 26.2 Å². The minimum Gasteiger partial charge on any atom is -0.314 e. The molecule has 1 saturated heterocycles. The van der Waals surface area contributed by atoms with Gasteiger partial charge in [0, 0.05) is 6.04 Å². The lowest BCUT2D eigenvalue weighted by molar-refractivity contribution is 0.297. The summed E-state index contributed by atoms with van der Waals surface area (Å²) in [7, 11) is 0. The number of hydrogen-bond acceptors (Lipinski definition) is 2. The molecule has 0 radical (unpaired) electrons. The molecule has 0 aromatic heterocycles. The number of nitrogens with zero attached hydrogens (tertiary/aromatic N) is 1. The van der Waals surface area contributed by atoms with Crippen LogP contribution < -0.4 is 5.32 Å². The van der Waals surface area contributed by atoms with Crippen molar-refractivity contribution in [2.45, 2.75) is 57.9 Å². The molecule has 17 heavy (non-hydrogen) atoms. The molecule has 2 heteroatoms. The molecule has 2 rings (SSSR count). The molecule has 0 saturated carbocycles. The van der Waals surface area contributed by atoms with Gasteiger partial charge >= 0.3 is 0 Å². The van der Waals surface area contributed by atoms with Crippen molar-refractivity contribution in [1.82, 2.24) is 10.2 Å². The standard InChI is InChI=1S/C15H28N2/c1-2-17-12-5-8-15(10-13-17)16-11-9-14-6-3-4-7-14/h6,15-16H,2-5,7-13H2,1H3. The van der Waals surface area contributed by atoms with Crippen molar-refractivity contribution >= 4 is 0 Å². The molecular formula is C15H28N2.